The van der Waals surface area contributed by atoms with Gasteiger partial charge in [-0.3, -0.25) is 4.98 Å². The molecule has 1 saturated heterocycles. The van der Waals surface area contributed by atoms with Crippen molar-refractivity contribution in [2.45, 2.75) is 45.9 Å². The van der Waals surface area contributed by atoms with Crippen molar-refractivity contribution in [3.63, 3.8) is 0 Å². The van der Waals surface area contributed by atoms with Gasteiger partial charge in [-0.1, -0.05) is 0 Å². The van der Waals surface area contributed by atoms with Crippen LogP contribution >= 0.6 is 0 Å². The first kappa shape index (κ1) is 18.1. The molecule has 2 fully saturated rings. The molecule has 2 aliphatic heterocycles. The number of amides is 3. The number of fused-ring (bicyclic) bond motifs is 2. The maximum atomic E-state index is 12.4. The first-order valence-corrected chi connectivity index (χ1v) is 9.74. The van der Waals surface area contributed by atoms with E-state index >= 15 is 0 Å². The summed E-state index contributed by atoms with van der Waals surface area (Å²) in [7, 11) is 0. The zero-order chi connectivity index (χ0) is 19.2. The summed E-state index contributed by atoms with van der Waals surface area (Å²) in [6.07, 6.45) is 4.38. The molecule has 0 radical (unpaired) electrons. The maximum absolute atomic E-state index is 12.4. The van der Waals surface area contributed by atoms with Crippen molar-refractivity contribution in [1.82, 2.24) is 20.1 Å². The number of nitrogens with one attached hydrogen (secondary N) is 1. The number of rotatable bonds is 3. The molecule has 1 aromatic rings. The SMILES string of the molecule is CC(C)(C)OC(=O)N1C[C@@H]2[C@@H](CCNC(=O)N3Cc4ccncc4C3)[C@@H]2C1. The first-order chi connectivity index (χ1) is 12.8. The summed E-state index contributed by atoms with van der Waals surface area (Å²) in [6, 6.07) is 1.97. The predicted octanol–water partition coefficient (Wildman–Crippen LogP) is 2.61. The van der Waals surface area contributed by atoms with Crippen molar-refractivity contribution < 1.29 is 14.3 Å². The van der Waals surface area contributed by atoms with Crippen LogP contribution in [0.25, 0.3) is 0 Å². The Labute approximate surface area is 160 Å². The Kier molecular flexibility index (Phi) is 4.48. The van der Waals surface area contributed by atoms with E-state index in [4.69, 9.17) is 4.74 Å². The number of likely N-dealkylation sites (tertiary alicyclic amines) is 1. The second-order valence-electron chi connectivity index (χ2n) is 8.90. The number of hydrogen-bond donors (Lipinski definition) is 1. The summed E-state index contributed by atoms with van der Waals surface area (Å²) in [4.78, 5) is 32.2. The lowest BCUT2D eigenvalue weighted by Gasteiger charge is -2.26. The van der Waals surface area contributed by atoms with Crippen LogP contribution in [0.5, 0.6) is 0 Å². The Bertz CT molecular complexity index is 708. The van der Waals surface area contributed by atoms with Gasteiger partial charge in [-0.05, 0) is 62.1 Å². The summed E-state index contributed by atoms with van der Waals surface area (Å²) >= 11 is 0. The van der Waals surface area contributed by atoms with Gasteiger partial charge < -0.3 is 19.9 Å². The first-order valence-electron chi connectivity index (χ1n) is 9.74. The van der Waals surface area contributed by atoms with E-state index in [0.717, 1.165) is 25.1 Å². The number of aromatic nitrogens is 1. The van der Waals surface area contributed by atoms with Gasteiger partial charge in [0.1, 0.15) is 5.60 Å². The zero-order valence-electron chi connectivity index (χ0n) is 16.3. The van der Waals surface area contributed by atoms with E-state index in [9.17, 15) is 9.59 Å². The van der Waals surface area contributed by atoms with Gasteiger partial charge in [0.05, 0.1) is 0 Å². The van der Waals surface area contributed by atoms with Crippen LogP contribution < -0.4 is 5.32 Å². The minimum atomic E-state index is -0.446. The van der Waals surface area contributed by atoms with E-state index in [1.54, 1.807) is 6.20 Å². The number of piperidine rings is 1. The molecule has 0 unspecified atom stereocenters. The summed E-state index contributed by atoms with van der Waals surface area (Å²) in [5.41, 5.74) is 1.87. The van der Waals surface area contributed by atoms with Crippen molar-refractivity contribution >= 4 is 12.1 Å². The largest absolute Gasteiger partial charge is 0.444 e. The number of ether oxygens (including phenoxy) is 1. The van der Waals surface area contributed by atoms with Crippen LogP contribution in [0, 0.1) is 17.8 Å². The van der Waals surface area contributed by atoms with Crippen LogP contribution in [0.3, 0.4) is 0 Å². The van der Waals surface area contributed by atoms with Crippen molar-refractivity contribution in [2.75, 3.05) is 19.6 Å². The van der Waals surface area contributed by atoms with Gasteiger partial charge >= 0.3 is 12.1 Å². The zero-order valence-corrected chi connectivity index (χ0v) is 16.3. The molecule has 4 rings (SSSR count). The highest BCUT2D eigenvalue weighted by atomic mass is 16.6. The molecule has 0 spiro atoms. The van der Waals surface area contributed by atoms with E-state index in [1.807, 2.05) is 42.8 Å². The number of carbonyl (C=O) groups is 2. The summed E-state index contributed by atoms with van der Waals surface area (Å²) in [5.74, 6) is 1.75. The van der Waals surface area contributed by atoms with Gasteiger partial charge in [-0.15, -0.1) is 0 Å². The van der Waals surface area contributed by atoms with Crippen molar-refractivity contribution in [2.24, 2.45) is 17.8 Å². The monoisotopic (exact) mass is 372 g/mol. The van der Waals surface area contributed by atoms with Crippen molar-refractivity contribution in [3.8, 4) is 0 Å². The van der Waals surface area contributed by atoms with E-state index in [1.165, 1.54) is 5.56 Å². The molecule has 7 heteroatoms. The average molecular weight is 372 g/mol. The highest BCUT2D eigenvalue weighted by Crippen LogP contribution is 2.53. The molecule has 0 aromatic carbocycles. The third-order valence-electron chi connectivity index (χ3n) is 5.79. The molecule has 3 aliphatic rings. The minimum Gasteiger partial charge on any atom is -0.444 e. The third-order valence-corrected chi connectivity index (χ3v) is 5.79. The van der Waals surface area contributed by atoms with Gasteiger partial charge in [-0.2, -0.15) is 0 Å². The lowest BCUT2D eigenvalue weighted by molar-refractivity contribution is 0.0265. The summed E-state index contributed by atoms with van der Waals surface area (Å²) < 4.78 is 5.44. The molecule has 3 atom stereocenters. The smallest absolute Gasteiger partial charge is 0.410 e. The standard InChI is InChI=1S/C20H28N4O3/c1-20(2,3)27-19(26)24-11-16-15(17(16)12-24)5-7-22-18(25)23-9-13-4-6-21-8-14(13)10-23/h4,6,8,15-17H,5,7,9-12H2,1-3H3,(H,22,25)/t15-,16-,17+. The number of hydrogen-bond acceptors (Lipinski definition) is 4. The highest BCUT2D eigenvalue weighted by molar-refractivity contribution is 5.75. The van der Waals surface area contributed by atoms with Gasteiger partial charge in [0, 0.05) is 45.1 Å². The predicted molar refractivity (Wildman–Crippen MR) is 99.8 cm³/mol. The number of urea groups is 1. The topological polar surface area (TPSA) is 74.8 Å². The Morgan fingerprint density at radius 1 is 1.19 bits per heavy atom. The third kappa shape index (κ3) is 3.87. The average Bonchev–Trinajstić information content (AvgIpc) is 3.00. The molecule has 1 saturated carbocycles. The number of carbonyl (C=O) groups excluding carboxylic acids is 2. The molecule has 3 amide bonds. The fraction of sp³-hybridized carbons (Fsp3) is 0.650. The normalized spacial score (nSPS) is 25.8. The molecule has 0 bridgehead atoms. The van der Waals surface area contributed by atoms with Crippen LogP contribution in [-0.2, 0) is 17.8 Å². The fourth-order valence-electron chi connectivity index (χ4n) is 4.37. The van der Waals surface area contributed by atoms with Gasteiger partial charge in [0.2, 0.25) is 0 Å². The van der Waals surface area contributed by atoms with Crippen LogP contribution in [-0.4, -0.2) is 52.1 Å². The Hall–Kier alpha value is -2.31. The van der Waals surface area contributed by atoms with Crippen LogP contribution in [0.4, 0.5) is 9.59 Å². The molecule has 1 aromatic heterocycles. The Balaban J connectivity index is 1.16. The minimum absolute atomic E-state index is 0.00705. The molecule has 3 heterocycles. The van der Waals surface area contributed by atoms with Crippen LogP contribution in [0.2, 0.25) is 0 Å². The second-order valence-corrected chi connectivity index (χ2v) is 8.90. The molecular formula is C20H28N4O3. The quantitative estimate of drug-likeness (QED) is 0.885. The lowest BCUT2D eigenvalue weighted by atomic mass is 10.2. The summed E-state index contributed by atoms with van der Waals surface area (Å²) in [6.45, 7) is 9.22. The van der Waals surface area contributed by atoms with Gasteiger partial charge in [-0.25, -0.2) is 9.59 Å². The molecule has 1 N–H and O–H groups in total. The number of pyridine rings is 1. The van der Waals surface area contributed by atoms with Crippen LogP contribution in [0.1, 0.15) is 38.3 Å². The molecule has 146 valence electrons. The molecular weight excluding hydrogens is 344 g/mol. The van der Waals surface area contributed by atoms with E-state index in [-0.39, 0.29) is 12.1 Å². The van der Waals surface area contributed by atoms with E-state index in [2.05, 4.69) is 10.3 Å². The Morgan fingerprint density at radius 3 is 2.56 bits per heavy atom. The van der Waals surface area contributed by atoms with Crippen LogP contribution in [0.15, 0.2) is 18.5 Å². The lowest BCUT2D eigenvalue weighted by Crippen LogP contribution is -2.38. The van der Waals surface area contributed by atoms with Gasteiger partial charge in [0.25, 0.3) is 0 Å². The highest BCUT2D eigenvalue weighted by Gasteiger charge is 2.56. The second kappa shape index (κ2) is 6.69. The Morgan fingerprint density at radius 2 is 1.89 bits per heavy atom. The fourth-order valence-corrected chi connectivity index (χ4v) is 4.37. The maximum Gasteiger partial charge on any atom is 0.410 e. The van der Waals surface area contributed by atoms with Crippen molar-refractivity contribution in [1.29, 1.82) is 0 Å². The molecule has 7 nitrogen and oxygen atoms in total. The van der Waals surface area contributed by atoms with Gasteiger partial charge in [0.15, 0.2) is 0 Å². The van der Waals surface area contributed by atoms with Crippen molar-refractivity contribution in [3.05, 3.63) is 29.6 Å². The van der Waals surface area contributed by atoms with E-state index in [0.29, 0.717) is 37.4 Å². The number of nitrogens with zero attached hydrogens (tertiary/aromatic N) is 3. The summed E-state index contributed by atoms with van der Waals surface area (Å²) in [5, 5.41) is 3.05. The molecule has 27 heavy (non-hydrogen) atoms. The molecule has 1 aliphatic carbocycles. The van der Waals surface area contributed by atoms with E-state index < -0.39 is 5.60 Å².